The number of fused-ring (bicyclic) bond motifs is 1. The minimum absolute atomic E-state index is 0.407. The number of amides is 1. The largest absolute Gasteiger partial charge is 0.464 e. The molecule has 0 spiro atoms. The summed E-state index contributed by atoms with van der Waals surface area (Å²) < 4.78 is 5.85. The van der Waals surface area contributed by atoms with Gasteiger partial charge in [0.1, 0.15) is 5.76 Å². The molecule has 0 radical (unpaired) electrons. The van der Waals surface area contributed by atoms with Crippen molar-refractivity contribution < 1.29 is 9.21 Å². The smallest absolute Gasteiger partial charge is 0.207 e. The van der Waals surface area contributed by atoms with Crippen molar-refractivity contribution in [2.24, 2.45) is 5.92 Å². The maximum Gasteiger partial charge on any atom is 0.207 e. The summed E-state index contributed by atoms with van der Waals surface area (Å²) in [7, 11) is 0. The van der Waals surface area contributed by atoms with Gasteiger partial charge in [0.05, 0.1) is 6.26 Å². The zero-order chi connectivity index (χ0) is 17.8. The molecule has 0 aromatic rings. The zero-order valence-corrected chi connectivity index (χ0v) is 15.5. The maximum absolute atomic E-state index is 10.6. The van der Waals surface area contributed by atoms with E-state index in [-0.39, 0.29) is 0 Å². The van der Waals surface area contributed by atoms with Crippen LogP contribution in [0.2, 0.25) is 0 Å². The van der Waals surface area contributed by atoms with Crippen molar-refractivity contribution in [3.63, 3.8) is 0 Å². The van der Waals surface area contributed by atoms with E-state index in [1.165, 1.54) is 62.7 Å². The van der Waals surface area contributed by atoms with Crippen LogP contribution in [0.1, 0.15) is 63.0 Å². The van der Waals surface area contributed by atoms with Gasteiger partial charge in [-0.25, -0.2) is 0 Å². The summed E-state index contributed by atoms with van der Waals surface area (Å²) in [5.41, 5.74) is 2.55. The van der Waals surface area contributed by atoms with E-state index in [9.17, 15) is 4.79 Å². The Labute approximate surface area is 156 Å². The highest BCUT2D eigenvalue weighted by molar-refractivity contribution is 5.60. The lowest BCUT2D eigenvalue weighted by atomic mass is 9.83. The summed E-state index contributed by atoms with van der Waals surface area (Å²) in [6, 6.07) is 9.46. The Morgan fingerprint density at radius 3 is 2.88 bits per heavy atom. The van der Waals surface area contributed by atoms with Gasteiger partial charge in [-0.3, -0.25) is 9.69 Å². The fourth-order valence-electron chi connectivity index (χ4n) is 4.86. The Bertz CT molecular complexity index is 675. The normalized spacial score (nSPS) is 27.5. The Kier molecular flexibility index (Phi) is 5.59. The van der Waals surface area contributed by atoms with Gasteiger partial charge in [0.2, 0.25) is 6.41 Å². The van der Waals surface area contributed by atoms with Crippen molar-refractivity contribution in [2.75, 3.05) is 13.1 Å². The van der Waals surface area contributed by atoms with E-state index in [4.69, 9.17) is 4.42 Å². The fourth-order valence-corrected chi connectivity index (χ4v) is 4.86. The van der Waals surface area contributed by atoms with Gasteiger partial charge >= 0.3 is 0 Å². The summed E-state index contributed by atoms with van der Waals surface area (Å²) in [6.45, 7) is 2.38. The third-order valence-corrected chi connectivity index (χ3v) is 6.43. The van der Waals surface area contributed by atoms with E-state index in [1.54, 1.807) is 0 Å². The highest BCUT2D eigenvalue weighted by atomic mass is 16.3. The molecule has 26 heavy (non-hydrogen) atoms. The van der Waals surface area contributed by atoms with E-state index in [0.717, 1.165) is 30.9 Å². The number of hydrogen-bond donors (Lipinski definition) is 1. The van der Waals surface area contributed by atoms with Gasteiger partial charge in [-0.2, -0.15) is 0 Å². The maximum atomic E-state index is 10.6. The van der Waals surface area contributed by atoms with Crippen LogP contribution in [-0.2, 0) is 4.79 Å². The molecule has 1 atom stereocenters. The zero-order valence-electron chi connectivity index (χ0n) is 15.5. The highest BCUT2D eigenvalue weighted by Crippen LogP contribution is 2.35. The number of carbonyl (C=O) groups is 1. The quantitative estimate of drug-likeness (QED) is 0.771. The van der Waals surface area contributed by atoms with Crippen molar-refractivity contribution in [3.05, 3.63) is 36.1 Å². The van der Waals surface area contributed by atoms with Gasteiger partial charge < -0.3 is 9.73 Å². The van der Waals surface area contributed by atoms with Crippen molar-refractivity contribution in [1.29, 1.82) is 0 Å². The minimum Gasteiger partial charge on any atom is -0.464 e. The van der Waals surface area contributed by atoms with Crippen molar-refractivity contribution in [2.45, 2.75) is 63.5 Å². The van der Waals surface area contributed by atoms with Crippen LogP contribution in [0.25, 0.3) is 11.3 Å². The van der Waals surface area contributed by atoms with Crippen LogP contribution in [0.4, 0.5) is 0 Å². The molecular formula is C22H30N2O2. The van der Waals surface area contributed by atoms with Gasteiger partial charge in [0, 0.05) is 23.2 Å². The average molecular weight is 354 g/mol. The van der Waals surface area contributed by atoms with E-state index in [0.29, 0.717) is 12.1 Å². The molecule has 4 aliphatic rings. The lowest BCUT2D eigenvalue weighted by molar-refractivity contribution is -0.110. The molecule has 2 aliphatic heterocycles. The lowest BCUT2D eigenvalue weighted by Gasteiger charge is -2.37. The summed E-state index contributed by atoms with van der Waals surface area (Å²) in [5, 5.41) is 2.95. The predicted molar refractivity (Wildman–Crippen MR) is 103 cm³/mol. The van der Waals surface area contributed by atoms with Gasteiger partial charge in [-0.05, 0) is 76.1 Å². The van der Waals surface area contributed by atoms with Crippen molar-refractivity contribution in [1.82, 2.24) is 10.2 Å². The minimum atomic E-state index is 0.407. The molecule has 4 heteroatoms. The Hall–Kier alpha value is -1.81. The highest BCUT2D eigenvalue weighted by Gasteiger charge is 2.27. The van der Waals surface area contributed by atoms with Gasteiger partial charge in [0.25, 0.3) is 0 Å². The molecule has 4 nitrogen and oxygen atoms in total. The summed E-state index contributed by atoms with van der Waals surface area (Å²) in [6.07, 6.45) is 12.7. The van der Waals surface area contributed by atoms with Gasteiger partial charge in [0.15, 0.2) is 0 Å². The van der Waals surface area contributed by atoms with Crippen LogP contribution in [-0.4, -0.2) is 30.4 Å². The predicted octanol–water partition coefficient (Wildman–Crippen LogP) is 4.61. The molecule has 1 unspecified atom stereocenters. The number of nitrogens with zero attached hydrogens (tertiary/aromatic N) is 1. The molecule has 2 heterocycles. The molecule has 0 aromatic carbocycles. The van der Waals surface area contributed by atoms with Crippen LogP contribution in [0.5, 0.6) is 0 Å². The molecule has 140 valence electrons. The van der Waals surface area contributed by atoms with Crippen LogP contribution in [0, 0.1) is 5.92 Å². The second-order valence-corrected chi connectivity index (χ2v) is 8.06. The number of likely N-dealkylation sites (tertiary alicyclic amines) is 1. The Morgan fingerprint density at radius 1 is 1.15 bits per heavy atom. The van der Waals surface area contributed by atoms with Crippen LogP contribution < -0.4 is 5.32 Å². The Morgan fingerprint density at radius 2 is 2.04 bits per heavy atom. The number of hydrogen-bond acceptors (Lipinski definition) is 3. The third-order valence-electron chi connectivity index (χ3n) is 6.43. The standard InChI is InChI=1S/C22H30N2O2/c25-16-23-20-9-7-17(8-10-20)11-13-24-12-2-1-5-21(24)19-14-18-4-3-6-22(18)26-15-19/h3-4,6,14-17,20-21H,1-2,5,7-13H2,(H,23,25)/t17-,20-,21?. The SMILES string of the molecule is O=CN[C@H]1CC[C@H](CCN2CCCCC2c2coc3cccc-3c2)CC1. The van der Waals surface area contributed by atoms with Gasteiger partial charge in [-0.1, -0.05) is 18.6 Å². The van der Waals surface area contributed by atoms with E-state index < -0.39 is 0 Å². The van der Waals surface area contributed by atoms with E-state index in [1.807, 2.05) is 12.3 Å². The fraction of sp³-hybridized carbons (Fsp3) is 0.591. The third kappa shape index (κ3) is 3.96. The first-order valence-electron chi connectivity index (χ1n) is 10.2. The van der Waals surface area contributed by atoms with Gasteiger partial charge in [-0.15, -0.1) is 0 Å². The number of rotatable bonds is 6. The molecule has 1 saturated heterocycles. The average Bonchev–Trinajstić information content (AvgIpc) is 3.16. The van der Waals surface area contributed by atoms with E-state index in [2.05, 4.69) is 28.4 Å². The molecular weight excluding hydrogens is 324 g/mol. The number of nitrogens with one attached hydrogen (secondary N) is 1. The molecule has 2 fully saturated rings. The monoisotopic (exact) mass is 354 g/mol. The molecule has 1 saturated carbocycles. The van der Waals surface area contributed by atoms with Crippen LogP contribution in [0.3, 0.4) is 0 Å². The van der Waals surface area contributed by atoms with Crippen molar-refractivity contribution >= 4 is 6.41 Å². The van der Waals surface area contributed by atoms with Crippen molar-refractivity contribution in [3.8, 4) is 11.3 Å². The summed E-state index contributed by atoms with van der Waals surface area (Å²) in [5.74, 6) is 1.79. The molecule has 1 amide bonds. The Balaban J connectivity index is 1.36. The first-order chi connectivity index (χ1) is 12.8. The molecule has 0 aromatic heterocycles. The lowest BCUT2D eigenvalue weighted by Crippen LogP contribution is -2.36. The topological polar surface area (TPSA) is 45.5 Å². The summed E-state index contributed by atoms with van der Waals surface area (Å²) in [4.78, 5) is 13.3. The second kappa shape index (κ2) is 8.26. The summed E-state index contributed by atoms with van der Waals surface area (Å²) >= 11 is 0. The van der Waals surface area contributed by atoms with E-state index >= 15 is 0 Å². The van der Waals surface area contributed by atoms with Crippen LogP contribution >= 0.6 is 0 Å². The van der Waals surface area contributed by atoms with Crippen LogP contribution in [0.15, 0.2) is 34.9 Å². The number of carbonyl (C=O) groups excluding carboxylic acids is 1. The first-order valence-corrected chi connectivity index (χ1v) is 10.2. The molecule has 4 rings (SSSR count). The second-order valence-electron chi connectivity index (χ2n) is 8.06. The molecule has 0 bridgehead atoms. The first kappa shape index (κ1) is 17.6. The molecule has 2 aliphatic carbocycles. The molecule has 1 N–H and O–H groups in total. The number of piperidine rings is 1.